The lowest BCUT2D eigenvalue weighted by molar-refractivity contribution is 0.203. The van der Waals surface area contributed by atoms with Gasteiger partial charge in [0, 0.05) is 37.4 Å². The largest absolute Gasteiger partial charge is 0.366 e. The Hall–Kier alpha value is -1.06. The summed E-state index contributed by atoms with van der Waals surface area (Å²) in [5.74, 6) is 0. The standard InChI is InChI=1S/C18H29N3/c1-4-19-11-16-7-8-18(14(2)10-16)21-13-17-6-5-9-20(17)12-15(21)3/h7-8,10,15,17,19H,4-6,9,11-13H2,1-3H3. The van der Waals surface area contributed by atoms with Crippen LogP contribution < -0.4 is 10.2 Å². The zero-order valence-electron chi connectivity index (χ0n) is 13.7. The smallest absolute Gasteiger partial charge is 0.0399 e. The zero-order chi connectivity index (χ0) is 14.8. The maximum absolute atomic E-state index is 3.41. The molecule has 0 spiro atoms. The normalized spacial score (nSPS) is 26.1. The molecule has 2 fully saturated rings. The van der Waals surface area contributed by atoms with Gasteiger partial charge >= 0.3 is 0 Å². The Morgan fingerprint density at radius 1 is 1.29 bits per heavy atom. The van der Waals surface area contributed by atoms with Crippen LogP contribution >= 0.6 is 0 Å². The molecule has 0 saturated carbocycles. The van der Waals surface area contributed by atoms with Crippen LogP contribution in [0.4, 0.5) is 5.69 Å². The summed E-state index contributed by atoms with van der Waals surface area (Å²) < 4.78 is 0. The number of nitrogens with zero attached hydrogens (tertiary/aromatic N) is 2. The van der Waals surface area contributed by atoms with E-state index in [0.717, 1.165) is 19.1 Å². The minimum absolute atomic E-state index is 0.623. The topological polar surface area (TPSA) is 18.5 Å². The first-order valence-corrected chi connectivity index (χ1v) is 8.50. The Labute approximate surface area is 129 Å². The van der Waals surface area contributed by atoms with Gasteiger partial charge in [-0.25, -0.2) is 0 Å². The van der Waals surface area contributed by atoms with Gasteiger partial charge in [0.05, 0.1) is 0 Å². The van der Waals surface area contributed by atoms with Gasteiger partial charge in [0.1, 0.15) is 0 Å². The molecule has 2 unspecified atom stereocenters. The molecule has 0 aromatic heterocycles. The Balaban J connectivity index is 1.76. The molecule has 3 nitrogen and oxygen atoms in total. The fraction of sp³-hybridized carbons (Fsp3) is 0.667. The van der Waals surface area contributed by atoms with Crippen molar-refractivity contribution < 1.29 is 0 Å². The van der Waals surface area contributed by atoms with E-state index in [1.807, 2.05) is 0 Å². The number of aryl methyl sites for hydroxylation is 1. The SMILES string of the molecule is CCNCc1ccc(N2CC3CCCN3CC2C)c(C)c1. The Morgan fingerprint density at radius 3 is 2.90 bits per heavy atom. The molecule has 2 atom stereocenters. The fourth-order valence-corrected chi connectivity index (χ4v) is 3.94. The number of rotatable bonds is 4. The number of nitrogens with one attached hydrogen (secondary N) is 1. The molecule has 3 heteroatoms. The number of benzene rings is 1. The van der Waals surface area contributed by atoms with Crippen LogP contribution in [0.2, 0.25) is 0 Å². The molecular weight excluding hydrogens is 258 g/mol. The number of hydrogen-bond acceptors (Lipinski definition) is 3. The second-order valence-corrected chi connectivity index (χ2v) is 6.69. The van der Waals surface area contributed by atoms with Crippen molar-refractivity contribution in [2.45, 2.75) is 52.2 Å². The van der Waals surface area contributed by atoms with Crippen LogP contribution in [0.3, 0.4) is 0 Å². The van der Waals surface area contributed by atoms with Crippen LogP contribution in [0.15, 0.2) is 18.2 Å². The highest BCUT2D eigenvalue weighted by atomic mass is 15.3. The van der Waals surface area contributed by atoms with Gasteiger partial charge in [-0.3, -0.25) is 4.90 Å². The maximum Gasteiger partial charge on any atom is 0.0399 e. The first kappa shape index (κ1) is 14.9. The first-order chi connectivity index (χ1) is 10.2. The van der Waals surface area contributed by atoms with E-state index in [1.54, 1.807) is 0 Å². The molecule has 2 saturated heterocycles. The van der Waals surface area contributed by atoms with Crippen molar-refractivity contribution in [2.24, 2.45) is 0 Å². The molecule has 0 amide bonds. The molecule has 1 aromatic rings. The number of fused-ring (bicyclic) bond motifs is 1. The van der Waals surface area contributed by atoms with Gasteiger partial charge in [-0.05, 0) is 57.0 Å². The summed E-state index contributed by atoms with van der Waals surface area (Å²) in [7, 11) is 0. The molecule has 0 radical (unpaired) electrons. The van der Waals surface area contributed by atoms with Crippen molar-refractivity contribution in [1.82, 2.24) is 10.2 Å². The van der Waals surface area contributed by atoms with Gasteiger partial charge in [-0.2, -0.15) is 0 Å². The van der Waals surface area contributed by atoms with E-state index in [9.17, 15) is 0 Å². The third kappa shape index (κ3) is 3.09. The van der Waals surface area contributed by atoms with Crippen molar-refractivity contribution >= 4 is 5.69 Å². The van der Waals surface area contributed by atoms with Crippen LogP contribution in [-0.4, -0.2) is 43.2 Å². The third-order valence-electron chi connectivity index (χ3n) is 5.09. The van der Waals surface area contributed by atoms with Crippen LogP contribution in [0, 0.1) is 6.92 Å². The molecular formula is C18H29N3. The van der Waals surface area contributed by atoms with E-state index >= 15 is 0 Å². The van der Waals surface area contributed by atoms with E-state index in [-0.39, 0.29) is 0 Å². The van der Waals surface area contributed by atoms with Gasteiger partial charge in [0.15, 0.2) is 0 Å². The highest BCUT2D eigenvalue weighted by Gasteiger charge is 2.34. The van der Waals surface area contributed by atoms with E-state index in [2.05, 4.69) is 54.1 Å². The number of hydrogen-bond donors (Lipinski definition) is 1. The second kappa shape index (κ2) is 6.37. The minimum Gasteiger partial charge on any atom is -0.366 e. The van der Waals surface area contributed by atoms with Crippen molar-refractivity contribution in [3.05, 3.63) is 29.3 Å². The van der Waals surface area contributed by atoms with Crippen molar-refractivity contribution in [3.63, 3.8) is 0 Å². The van der Waals surface area contributed by atoms with Crippen LogP contribution in [-0.2, 0) is 6.54 Å². The molecule has 2 heterocycles. The quantitative estimate of drug-likeness (QED) is 0.918. The highest BCUT2D eigenvalue weighted by Crippen LogP contribution is 2.30. The third-order valence-corrected chi connectivity index (χ3v) is 5.09. The van der Waals surface area contributed by atoms with E-state index in [1.165, 1.54) is 49.3 Å². The van der Waals surface area contributed by atoms with Crippen molar-refractivity contribution in [3.8, 4) is 0 Å². The zero-order valence-corrected chi connectivity index (χ0v) is 13.7. The molecule has 0 bridgehead atoms. The minimum atomic E-state index is 0.623. The predicted octanol–water partition coefficient (Wildman–Crippen LogP) is 2.78. The van der Waals surface area contributed by atoms with Gasteiger partial charge in [0.2, 0.25) is 0 Å². The Morgan fingerprint density at radius 2 is 2.14 bits per heavy atom. The number of piperazine rings is 1. The van der Waals surface area contributed by atoms with Crippen LogP contribution in [0.1, 0.15) is 37.8 Å². The molecule has 116 valence electrons. The van der Waals surface area contributed by atoms with E-state index in [0.29, 0.717) is 6.04 Å². The average Bonchev–Trinajstić information content (AvgIpc) is 2.91. The number of anilines is 1. The summed E-state index contributed by atoms with van der Waals surface area (Å²) >= 11 is 0. The average molecular weight is 287 g/mol. The summed E-state index contributed by atoms with van der Waals surface area (Å²) in [6, 6.07) is 8.38. The van der Waals surface area contributed by atoms with E-state index in [4.69, 9.17) is 0 Å². The maximum atomic E-state index is 3.41. The molecule has 2 aliphatic rings. The van der Waals surface area contributed by atoms with Crippen LogP contribution in [0.25, 0.3) is 0 Å². The first-order valence-electron chi connectivity index (χ1n) is 8.50. The summed E-state index contributed by atoms with van der Waals surface area (Å²) in [5.41, 5.74) is 4.25. The molecule has 21 heavy (non-hydrogen) atoms. The van der Waals surface area contributed by atoms with Crippen molar-refractivity contribution in [2.75, 3.05) is 31.1 Å². The van der Waals surface area contributed by atoms with Gasteiger partial charge < -0.3 is 10.2 Å². The van der Waals surface area contributed by atoms with Crippen molar-refractivity contribution in [1.29, 1.82) is 0 Å². The highest BCUT2D eigenvalue weighted by molar-refractivity contribution is 5.56. The lowest BCUT2D eigenvalue weighted by Crippen LogP contribution is -2.55. The monoisotopic (exact) mass is 287 g/mol. The van der Waals surface area contributed by atoms with Crippen LogP contribution in [0.5, 0.6) is 0 Å². The fourth-order valence-electron chi connectivity index (χ4n) is 3.94. The van der Waals surface area contributed by atoms with Gasteiger partial charge in [-0.15, -0.1) is 0 Å². The molecule has 0 aliphatic carbocycles. The Bertz CT molecular complexity index is 485. The summed E-state index contributed by atoms with van der Waals surface area (Å²) in [6.07, 6.45) is 2.76. The summed E-state index contributed by atoms with van der Waals surface area (Å²) in [5, 5.41) is 3.41. The summed E-state index contributed by atoms with van der Waals surface area (Å²) in [4.78, 5) is 5.33. The van der Waals surface area contributed by atoms with Gasteiger partial charge in [-0.1, -0.05) is 19.1 Å². The molecule has 1 aromatic carbocycles. The molecule has 1 N–H and O–H groups in total. The summed E-state index contributed by atoms with van der Waals surface area (Å²) in [6.45, 7) is 12.5. The van der Waals surface area contributed by atoms with E-state index < -0.39 is 0 Å². The molecule has 2 aliphatic heterocycles. The second-order valence-electron chi connectivity index (χ2n) is 6.69. The van der Waals surface area contributed by atoms with Gasteiger partial charge in [0.25, 0.3) is 0 Å². The Kier molecular flexibility index (Phi) is 4.51. The lowest BCUT2D eigenvalue weighted by Gasteiger charge is -2.44. The lowest BCUT2D eigenvalue weighted by atomic mass is 10.0. The molecule has 3 rings (SSSR count). The predicted molar refractivity (Wildman–Crippen MR) is 90.0 cm³/mol.